The zero-order valence-electron chi connectivity index (χ0n) is 13.4. The van der Waals surface area contributed by atoms with E-state index in [9.17, 15) is 18.0 Å². The van der Waals surface area contributed by atoms with E-state index in [4.69, 9.17) is 4.74 Å². The van der Waals surface area contributed by atoms with Crippen LogP contribution in [0, 0.1) is 6.92 Å². The molecule has 0 N–H and O–H groups in total. The normalized spacial score (nSPS) is 12.7. The molecule has 128 valence electrons. The minimum atomic E-state index is -4.60. The van der Waals surface area contributed by atoms with E-state index in [0.717, 1.165) is 6.42 Å². The summed E-state index contributed by atoms with van der Waals surface area (Å²) in [7, 11) is -2.97. The molecule has 0 amide bonds. The van der Waals surface area contributed by atoms with Crippen LogP contribution in [0.25, 0.3) is 0 Å². The lowest BCUT2D eigenvalue weighted by Crippen LogP contribution is -2.23. The van der Waals surface area contributed by atoms with E-state index in [1.54, 1.807) is 31.2 Å². The molecule has 2 aromatic rings. The SMILES string of the molecule is CCCOc1ccc(P(C(=O)c2ccccc2)C(F)(F)F)c(C)c1. The Morgan fingerprint density at radius 2 is 1.79 bits per heavy atom. The summed E-state index contributed by atoms with van der Waals surface area (Å²) < 4.78 is 46.2. The highest BCUT2D eigenvalue weighted by Gasteiger charge is 2.46. The predicted octanol–water partition coefficient (Wildman–Crippen LogP) is 5.25. The van der Waals surface area contributed by atoms with E-state index < -0.39 is 19.4 Å². The van der Waals surface area contributed by atoms with Crippen LogP contribution in [0.15, 0.2) is 48.5 Å². The second-order valence-electron chi connectivity index (χ2n) is 5.27. The number of halogens is 3. The Kier molecular flexibility index (Phi) is 6.00. The number of carbonyl (C=O) groups excluding carboxylic acids is 1. The zero-order valence-corrected chi connectivity index (χ0v) is 14.3. The lowest BCUT2D eigenvalue weighted by atomic mass is 10.2. The van der Waals surface area contributed by atoms with Crippen LogP contribution >= 0.6 is 7.92 Å². The molecule has 1 unspecified atom stereocenters. The van der Waals surface area contributed by atoms with Gasteiger partial charge in [-0.25, -0.2) is 0 Å². The maximum absolute atomic E-state index is 13.6. The van der Waals surface area contributed by atoms with Gasteiger partial charge in [-0.15, -0.1) is 0 Å². The number of hydrogen-bond donors (Lipinski definition) is 0. The Balaban J connectivity index is 2.41. The zero-order chi connectivity index (χ0) is 17.7. The summed E-state index contributed by atoms with van der Waals surface area (Å²) in [6.07, 6.45) is 0.808. The number of rotatable bonds is 6. The third kappa shape index (κ3) is 4.35. The molecule has 6 heteroatoms. The van der Waals surface area contributed by atoms with Gasteiger partial charge in [0.1, 0.15) is 13.7 Å². The van der Waals surface area contributed by atoms with Crippen molar-refractivity contribution in [1.29, 1.82) is 0 Å². The van der Waals surface area contributed by atoms with Crippen molar-refractivity contribution < 1.29 is 22.7 Å². The van der Waals surface area contributed by atoms with Gasteiger partial charge < -0.3 is 4.74 Å². The molecular weight excluding hydrogens is 336 g/mol. The van der Waals surface area contributed by atoms with E-state index in [0.29, 0.717) is 17.9 Å². The van der Waals surface area contributed by atoms with E-state index in [1.165, 1.54) is 24.3 Å². The van der Waals surface area contributed by atoms with E-state index >= 15 is 0 Å². The first-order chi connectivity index (χ1) is 11.3. The first-order valence-corrected chi connectivity index (χ1v) is 8.88. The Morgan fingerprint density at radius 1 is 1.12 bits per heavy atom. The molecule has 0 aliphatic rings. The average molecular weight is 354 g/mol. The fourth-order valence-electron chi connectivity index (χ4n) is 2.26. The highest BCUT2D eigenvalue weighted by Crippen LogP contribution is 2.55. The maximum Gasteiger partial charge on any atom is 0.416 e. The first kappa shape index (κ1) is 18.5. The quantitative estimate of drug-likeness (QED) is 0.662. The molecule has 2 nitrogen and oxygen atoms in total. The smallest absolute Gasteiger partial charge is 0.416 e. The van der Waals surface area contributed by atoms with Crippen molar-refractivity contribution in [3.05, 3.63) is 59.7 Å². The number of hydrogen-bond acceptors (Lipinski definition) is 2. The van der Waals surface area contributed by atoms with Gasteiger partial charge >= 0.3 is 5.92 Å². The van der Waals surface area contributed by atoms with Crippen LogP contribution in [0.4, 0.5) is 13.2 Å². The minimum absolute atomic E-state index is 0.0233. The number of ether oxygens (including phenoxy) is 1. The highest BCUT2D eigenvalue weighted by molar-refractivity contribution is 7.83. The predicted molar refractivity (Wildman–Crippen MR) is 90.3 cm³/mol. The van der Waals surface area contributed by atoms with Crippen LogP contribution in [0.3, 0.4) is 0 Å². The van der Waals surface area contributed by atoms with Gasteiger partial charge in [0.05, 0.1) is 6.61 Å². The van der Waals surface area contributed by atoms with Crippen LogP contribution in [-0.2, 0) is 0 Å². The monoisotopic (exact) mass is 354 g/mol. The van der Waals surface area contributed by atoms with Crippen LogP contribution < -0.4 is 10.0 Å². The van der Waals surface area contributed by atoms with Crippen molar-refractivity contribution in [3.63, 3.8) is 0 Å². The summed E-state index contributed by atoms with van der Waals surface area (Å²) in [5.74, 6) is -4.08. The van der Waals surface area contributed by atoms with Gasteiger partial charge in [0.15, 0.2) is 5.52 Å². The van der Waals surface area contributed by atoms with Crippen molar-refractivity contribution >= 4 is 18.8 Å². The molecular formula is C18H18F3O2P. The molecule has 0 heterocycles. The summed E-state index contributed by atoms with van der Waals surface area (Å²) in [6, 6.07) is 12.0. The van der Waals surface area contributed by atoms with Crippen molar-refractivity contribution in [2.24, 2.45) is 0 Å². The lowest BCUT2D eigenvalue weighted by Gasteiger charge is -2.22. The molecule has 0 radical (unpaired) electrons. The minimum Gasteiger partial charge on any atom is -0.494 e. The molecule has 0 aliphatic carbocycles. The van der Waals surface area contributed by atoms with Gasteiger partial charge in [0, 0.05) is 5.56 Å². The van der Waals surface area contributed by atoms with Crippen LogP contribution in [0.1, 0.15) is 29.3 Å². The number of benzene rings is 2. The maximum atomic E-state index is 13.6. The van der Waals surface area contributed by atoms with Gasteiger partial charge in [-0.1, -0.05) is 37.3 Å². The second-order valence-corrected chi connectivity index (χ2v) is 7.34. The van der Waals surface area contributed by atoms with E-state index in [2.05, 4.69) is 0 Å². The third-order valence-corrected chi connectivity index (χ3v) is 5.51. The average Bonchev–Trinajstić information content (AvgIpc) is 2.54. The molecule has 0 bridgehead atoms. The second kappa shape index (κ2) is 7.80. The molecule has 0 aliphatic heterocycles. The Hall–Kier alpha value is -1.87. The number of aryl methyl sites for hydroxylation is 1. The largest absolute Gasteiger partial charge is 0.494 e. The van der Waals surface area contributed by atoms with Crippen LogP contribution in [-0.4, -0.2) is 18.0 Å². The van der Waals surface area contributed by atoms with Gasteiger partial charge in [0.2, 0.25) is 0 Å². The van der Waals surface area contributed by atoms with Gasteiger partial charge in [-0.3, -0.25) is 4.79 Å². The molecule has 0 saturated heterocycles. The molecule has 2 aromatic carbocycles. The topological polar surface area (TPSA) is 26.3 Å². The molecule has 24 heavy (non-hydrogen) atoms. The standard InChI is InChI=1S/C18H18F3O2P/c1-3-11-23-15-9-10-16(13(2)12-15)24(18(19,20)21)17(22)14-7-5-4-6-8-14/h4-10,12H,3,11H2,1-2H3. The number of alkyl halides is 3. The molecule has 0 spiro atoms. The summed E-state index contributed by atoms with van der Waals surface area (Å²) in [5, 5.41) is 0.0233. The molecule has 1 atom stereocenters. The molecule has 0 fully saturated rings. The van der Waals surface area contributed by atoms with Crippen molar-refractivity contribution in [2.45, 2.75) is 26.2 Å². The molecule has 0 aromatic heterocycles. The third-order valence-electron chi connectivity index (χ3n) is 3.36. The van der Waals surface area contributed by atoms with E-state index in [1.807, 2.05) is 6.92 Å². The van der Waals surface area contributed by atoms with Crippen LogP contribution in [0.2, 0.25) is 0 Å². The summed E-state index contributed by atoms with van der Waals surface area (Å²) in [6.45, 7) is 4.02. The Bertz CT molecular complexity index is 699. The van der Waals surface area contributed by atoms with Gasteiger partial charge in [-0.05, 0) is 42.4 Å². The summed E-state index contributed by atoms with van der Waals surface area (Å²) >= 11 is 0. The van der Waals surface area contributed by atoms with Crippen LogP contribution in [0.5, 0.6) is 5.75 Å². The Morgan fingerprint density at radius 3 is 2.33 bits per heavy atom. The summed E-state index contributed by atoms with van der Waals surface area (Å²) in [4.78, 5) is 12.5. The van der Waals surface area contributed by atoms with Crippen molar-refractivity contribution in [3.8, 4) is 5.75 Å². The fourth-order valence-corrected chi connectivity index (χ4v) is 4.03. The molecule has 2 rings (SSSR count). The van der Waals surface area contributed by atoms with Crippen molar-refractivity contribution in [1.82, 2.24) is 0 Å². The van der Waals surface area contributed by atoms with Gasteiger partial charge in [0.25, 0.3) is 0 Å². The summed E-state index contributed by atoms with van der Waals surface area (Å²) in [5.41, 5.74) is -0.397. The molecule has 0 saturated carbocycles. The number of carbonyl (C=O) groups is 1. The lowest BCUT2D eigenvalue weighted by molar-refractivity contribution is -0.0384. The Labute approximate surface area is 140 Å². The fraction of sp³-hybridized carbons (Fsp3) is 0.278. The van der Waals surface area contributed by atoms with Gasteiger partial charge in [-0.2, -0.15) is 13.2 Å². The van der Waals surface area contributed by atoms with Crippen molar-refractivity contribution in [2.75, 3.05) is 6.61 Å². The highest BCUT2D eigenvalue weighted by atomic mass is 31.1. The van der Waals surface area contributed by atoms with E-state index in [-0.39, 0.29) is 10.9 Å². The first-order valence-electron chi connectivity index (χ1n) is 7.54.